The normalized spacial score (nSPS) is 21.0. The van der Waals surface area contributed by atoms with Gasteiger partial charge in [0.15, 0.2) is 0 Å². The highest BCUT2D eigenvalue weighted by atomic mass is 35.5. The van der Waals surface area contributed by atoms with Gasteiger partial charge in [0.1, 0.15) is 0 Å². The van der Waals surface area contributed by atoms with Crippen LogP contribution in [-0.4, -0.2) is 24.3 Å². The van der Waals surface area contributed by atoms with Gasteiger partial charge >= 0.3 is 0 Å². The van der Waals surface area contributed by atoms with Crippen molar-refractivity contribution in [3.63, 3.8) is 0 Å². The zero-order valence-electron chi connectivity index (χ0n) is 8.49. The third kappa shape index (κ3) is 2.25. The number of aliphatic hydroxyl groups excluding tert-OH is 1. The predicted octanol–water partition coefficient (Wildman–Crippen LogP) is 1.37. The van der Waals surface area contributed by atoms with Gasteiger partial charge in [-0.3, -0.25) is 0 Å². The number of halogens is 1. The standard InChI is InChI=1S/C11H15ClN2O/c12-9-2-1-8(6-13)11(5-9)14-4-3-10(15)7-14/h1-2,5,10,15H,3-4,6-7,13H2. The number of anilines is 1. The van der Waals surface area contributed by atoms with Crippen LogP contribution in [0.25, 0.3) is 0 Å². The molecule has 15 heavy (non-hydrogen) atoms. The number of nitrogens with two attached hydrogens (primary N) is 1. The van der Waals surface area contributed by atoms with E-state index in [9.17, 15) is 5.11 Å². The summed E-state index contributed by atoms with van der Waals surface area (Å²) in [4.78, 5) is 2.14. The lowest BCUT2D eigenvalue weighted by atomic mass is 10.1. The Morgan fingerprint density at radius 1 is 1.53 bits per heavy atom. The molecular formula is C11H15ClN2O. The maximum atomic E-state index is 9.49. The highest BCUT2D eigenvalue weighted by Crippen LogP contribution is 2.27. The summed E-state index contributed by atoms with van der Waals surface area (Å²) >= 11 is 5.96. The van der Waals surface area contributed by atoms with Crippen LogP contribution >= 0.6 is 11.6 Å². The molecule has 1 fully saturated rings. The van der Waals surface area contributed by atoms with Crippen LogP contribution in [0.3, 0.4) is 0 Å². The van der Waals surface area contributed by atoms with E-state index in [1.165, 1.54) is 0 Å². The van der Waals surface area contributed by atoms with Gasteiger partial charge in [-0.25, -0.2) is 0 Å². The Hall–Kier alpha value is -0.770. The zero-order chi connectivity index (χ0) is 10.8. The number of rotatable bonds is 2. The first-order valence-corrected chi connectivity index (χ1v) is 5.50. The second-order valence-corrected chi connectivity index (χ2v) is 4.30. The summed E-state index contributed by atoms with van der Waals surface area (Å²) in [6, 6.07) is 5.71. The monoisotopic (exact) mass is 226 g/mol. The molecule has 1 saturated heterocycles. The van der Waals surface area contributed by atoms with E-state index in [1.807, 2.05) is 18.2 Å². The second-order valence-electron chi connectivity index (χ2n) is 3.87. The summed E-state index contributed by atoms with van der Waals surface area (Å²) in [6.07, 6.45) is 0.589. The van der Waals surface area contributed by atoms with Gasteiger partial charge in [0.25, 0.3) is 0 Å². The van der Waals surface area contributed by atoms with E-state index in [4.69, 9.17) is 17.3 Å². The number of hydrogen-bond acceptors (Lipinski definition) is 3. The van der Waals surface area contributed by atoms with Crippen molar-refractivity contribution in [2.75, 3.05) is 18.0 Å². The van der Waals surface area contributed by atoms with Crippen molar-refractivity contribution in [3.8, 4) is 0 Å². The molecule has 0 bridgehead atoms. The molecule has 1 unspecified atom stereocenters. The number of hydrogen-bond donors (Lipinski definition) is 2. The molecule has 1 aliphatic heterocycles. The van der Waals surface area contributed by atoms with Crippen LogP contribution in [0.5, 0.6) is 0 Å². The molecule has 0 aromatic heterocycles. The van der Waals surface area contributed by atoms with Crippen molar-refractivity contribution >= 4 is 17.3 Å². The van der Waals surface area contributed by atoms with Gasteiger partial charge in [-0.15, -0.1) is 0 Å². The molecule has 0 aliphatic carbocycles. The predicted molar refractivity (Wildman–Crippen MR) is 62.2 cm³/mol. The smallest absolute Gasteiger partial charge is 0.0731 e. The van der Waals surface area contributed by atoms with Crippen LogP contribution in [0.4, 0.5) is 5.69 Å². The number of β-amino-alcohol motifs (C(OH)–C–C–N with tert-alkyl or cyclic N) is 1. The molecule has 1 aromatic rings. The first-order chi connectivity index (χ1) is 7.20. The van der Waals surface area contributed by atoms with Crippen LogP contribution in [0.15, 0.2) is 18.2 Å². The second kappa shape index (κ2) is 4.39. The molecular weight excluding hydrogens is 212 g/mol. The van der Waals surface area contributed by atoms with Crippen molar-refractivity contribution in [1.82, 2.24) is 0 Å². The third-order valence-electron chi connectivity index (χ3n) is 2.77. The molecule has 3 nitrogen and oxygen atoms in total. The number of aliphatic hydroxyl groups is 1. The highest BCUT2D eigenvalue weighted by molar-refractivity contribution is 6.30. The van der Waals surface area contributed by atoms with Crippen LogP contribution < -0.4 is 10.6 Å². The van der Waals surface area contributed by atoms with Gasteiger partial charge in [0.2, 0.25) is 0 Å². The van der Waals surface area contributed by atoms with Crippen LogP contribution in [0.2, 0.25) is 5.02 Å². The molecule has 1 aliphatic rings. The number of nitrogens with zero attached hydrogens (tertiary/aromatic N) is 1. The van der Waals surface area contributed by atoms with E-state index in [-0.39, 0.29) is 6.10 Å². The van der Waals surface area contributed by atoms with Crippen LogP contribution in [0, 0.1) is 0 Å². The first kappa shape index (κ1) is 10.7. The first-order valence-electron chi connectivity index (χ1n) is 5.12. The van der Waals surface area contributed by atoms with E-state index in [0.29, 0.717) is 18.1 Å². The summed E-state index contributed by atoms with van der Waals surface area (Å²) in [7, 11) is 0. The zero-order valence-corrected chi connectivity index (χ0v) is 9.24. The SMILES string of the molecule is NCc1ccc(Cl)cc1N1CCC(O)C1. The lowest BCUT2D eigenvalue weighted by Crippen LogP contribution is -2.23. The van der Waals surface area contributed by atoms with E-state index in [1.54, 1.807) is 0 Å². The third-order valence-corrected chi connectivity index (χ3v) is 3.01. The summed E-state index contributed by atoms with van der Waals surface area (Å²) in [5.74, 6) is 0. The minimum atomic E-state index is -0.227. The molecule has 0 spiro atoms. The Morgan fingerprint density at radius 2 is 2.33 bits per heavy atom. The van der Waals surface area contributed by atoms with Gasteiger partial charge in [0.05, 0.1) is 6.10 Å². The van der Waals surface area contributed by atoms with Crippen molar-refractivity contribution in [1.29, 1.82) is 0 Å². The van der Waals surface area contributed by atoms with Crippen molar-refractivity contribution in [2.24, 2.45) is 5.73 Å². The Kier molecular flexibility index (Phi) is 3.14. The Bertz CT molecular complexity index is 356. The van der Waals surface area contributed by atoms with E-state index in [0.717, 1.165) is 24.2 Å². The molecule has 1 heterocycles. The highest BCUT2D eigenvalue weighted by Gasteiger charge is 2.22. The summed E-state index contributed by atoms with van der Waals surface area (Å²) in [5, 5.41) is 10.2. The summed E-state index contributed by atoms with van der Waals surface area (Å²) < 4.78 is 0. The molecule has 0 radical (unpaired) electrons. The van der Waals surface area contributed by atoms with Gasteiger partial charge in [-0.1, -0.05) is 17.7 Å². The fourth-order valence-corrected chi connectivity index (χ4v) is 2.13. The molecule has 1 atom stereocenters. The molecule has 4 heteroatoms. The van der Waals surface area contributed by atoms with Gasteiger partial charge in [-0.2, -0.15) is 0 Å². The van der Waals surface area contributed by atoms with E-state index < -0.39 is 0 Å². The maximum Gasteiger partial charge on any atom is 0.0731 e. The topological polar surface area (TPSA) is 49.5 Å². The fourth-order valence-electron chi connectivity index (χ4n) is 1.96. The lowest BCUT2D eigenvalue weighted by Gasteiger charge is -2.21. The minimum absolute atomic E-state index is 0.227. The van der Waals surface area contributed by atoms with Crippen molar-refractivity contribution < 1.29 is 5.11 Å². The van der Waals surface area contributed by atoms with Crippen LogP contribution in [-0.2, 0) is 6.54 Å². The Labute approximate surface area is 94.4 Å². The Balaban J connectivity index is 2.29. The average Bonchev–Trinajstić information content (AvgIpc) is 2.65. The van der Waals surface area contributed by atoms with Crippen LogP contribution in [0.1, 0.15) is 12.0 Å². The summed E-state index contributed by atoms with van der Waals surface area (Å²) in [6.45, 7) is 2.04. The van der Waals surface area contributed by atoms with E-state index >= 15 is 0 Å². The molecule has 0 saturated carbocycles. The van der Waals surface area contributed by atoms with E-state index in [2.05, 4.69) is 4.90 Å². The van der Waals surface area contributed by atoms with Gasteiger partial charge in [0, 0.05) is 30.3 Å². The largest absolute Gasteiger partial charge is 0.391 e. The molecule has 1 aromatic carbocycles. The lowest BCUT2D eigenvalue weighted by molar-refractivity contribution is 0.198. The molecule has 82 valence electrons. The fraction of sp³-hybridized carbons (Fsp3) is 0.455. The molecule has 2 rings (SSSR count). The van der Waals surface area contributed by atoms with Gasteiger partial charge < -0.3 is 15.7 Å². The quantitative estimate of drug-likeness (QED) is 0.801. The number of benzene rings is 1. The molecule has 0 amide bonds. The van der Waals surface area contributed by atoms with Gasteiger partial charge in [-0.05, 0) is 24.1 Å². The van der Waals surface area contributed by atoms with Crippen molar-refractivity contribution in [3.05, 3.63) is 28.8 Å². The summed E-state index contributed by atoms with van der Waals surface area (Å²) in [5.41, 5.74) is 7.81. The minimum Gasteiger partial charge on any atom is -0.391 e. The average molecular weight is 227 g/mol. The maximum absolute atomic E-state index is 9.49. The van der Waals surface area contributed by atoms with Crippen molar-refractivity contribution in [2.45, 2.75) is 19.1 Å². The molecule has 3 N–H and O–H groups in total. The Morgan fingerprint density at radius 3 is 2.93 bits per heavy atom.